The average Bonchev–Trinajstić information content (AvgIpc) is 2.09. The van der Waals surface area contributed by atoms with Crippen LogP contribution in [-0.2, 0) is 9.53 Å². The van der Waals surface area contributed by atoms with Crippen LogP contribution in [0.1, 0.15) is 20.8 Å². The molecule has 1 N–H and O–H groups in total. The Bertz CT molecular complexity index is 257. The number of nitrogens with one attached hydrogen (secondary N) is 1. The number of nitrogens with zero attached hydrogens (tertiary/aromatic N) is 1. The van der Waals surface area contributed by atoms with E-state index in [0.29, 0.717) is 0 Å². The molecule has 1 rings (SSSR count). The number of cyclic esters (lactones) is 1. The summed E-state index contributed by atoms with van der Waals surface area (Å²) in [4.78, 5) is 11.2. The fourth-order valence-electron chi connectivity index (χ4n) is 1.25. The first-order valence-electron chi connectivity index (χ1n) is 4.34. The fourth-order valence-corrected chi connectivity index (χ4v) is 1.25. The highest BCUT2D eigenvalue weighted by molar-refractivity contribution is 5.77. The predicted octanol–water partition coefficient (Wildman–Crippen LogP) is 0.440. The zero-order chi connectivity index (χ0) is 10.1. The molecule has 0 aromatic carbocycles. The van der Waals surface area contributed by atoms with Crippen molar-refractivity contribution in [1.82, 2.24) is 5.32 Å². The van der Waals surface area contributed by atoms with E-state index in [-0.39, 0.29) is 24.5 Å². The highest BCUT2D eigenvalue weighted by atomic mass is 16.5. The van der Waals surface area contributed by atoms with Gasteiger partial charge in [-0.05, 0) is 12.8 Å². The molecule has 4 heteroatoms. The normalized spacial score (nSPS) is 34.1. The Morgan fingerprint density at radius 3 is 2.85 bits per heavy atom. The van der Waals surface area contributed by atoms with E-state index in [4.69, 9.17) is 10.00 Å². The monoisotopic (exact) mass is 182 g/mol. The zero-order valence-corrected chi connectivity index (χ0v) is 8.13. The van der Waals surface area contributed by atoms with Gasteiger partial charge in [0.15, 0.2) is 0 Å². The largest absolute Gasteiger partial charge is 0.461 e. The molecule has 0 radical (unpaired) electrons. The molecule has 1 saturated heterocycles. The molecule has 0 spiro atoms. The Labute approximate surface area is 77.9 Å². The van der Waals surface area contributed by atoms with Gasteiger partial charge in [-0.1, -0.05) is 13.8 Å². The molecule has 72 valence electrons. The lowest BCUT2D eigenvalue weighted by Crippen LogP contribution is -2.60. The molecule has 0 bridgehead atoms. The summed E-state index contributed by atoms with van der Waals surface area (Å²) in [5.41, 5.74) is -0.733. The molecule has 1 aliphatic rings. The van der Waals surface area contributed by atoms with E-state index in [2.05, 4.69) is 11.4 Å². The number of esters is 1. The molecule has 0 saturated carbocycles. The quantitative estimate of drug-likeness (QED) is 0.598. The average molecular weight is 182 g/mol. The highest BCUT2D eigenvalue weighted by Crippen LogP contribution is 2.16. The molecule has 0 amide bonds. The maximum atomic E-state index is 11.2. The summed E-state index contributed by atoms with van der Waals surface area (Å²) >= 11 is 0. The van der Waals surface area contributed by atoms with Gasteiger partial charge in [-0.15, -0.1) is 0 Å². The van der Waals surface area contributed by atoms with Gasteiger partial charge in [-0.3, -0.25) is 10.1 Å². The van der Waals surface area contributed by atoms with Gasteiger partial charge in [0.25, 0.3) is 0 Å². The summed E-state index contributed by atoms with van der Waals surface area (Å²) in [5.74, 6) is -0.122. The topological polar surface area (TPSA) is 62.1 Å². The minimum atomic E-state index is -0.733. The Balaban J connectivity index is 2.76. The van der Waals surface area contributed by atoms with Crippen molar-refractivity contribution in [2.45, 2.75) is 32.4 Å². The van der Waals surface area contributed by atoms with Crippen LogP contribution in [0.25, 0.3) is 0 Å². The van der Waals surface area contributed by atoms with Crippen LogP contribution in [0, 0.1) is 17.2 Å². The van der Waals surface area contributed by atoms with Crippen molar-refractivity contribution >= 4 is 5.97 Å². The van der Waals surface area contributed by atoms with Gasteiger partial charge < -0.3 is 4.74 Å². The Morgan fingerprint density at radius 2 is 2.38 bits per heavy atom. The molecule has 0 aromatic rings. The van der Waals surface area contributed by atoms with Crippen molar-refractivity contribution in [1.29, 1.82) is 5.26 Å². The SMILES string of the molecule is CC(C)C1NC(C)(C#N)COC1=O. The van der Waals surface area contributed by atoms with Crippen molar-refractivity contribution < 1.29 is 9.53 Å². The van der Waals surface area contributed by atoms with Gasteiger partial charge in [0.1, 0.15) is 18.2 Å². The van der Waals surface area contributed by atoms with E-state index in [0.717, 1.165) is 0 Å². The third kappa shape index (κ3) is 1.99. The lowest BCUT2D eigenvalue weighted by Gasteiger charge is -2.35. The predicted molar refractivity (Wildman–Crippen MR) is 46.7 cm³/mol. The van der Waals surface area contributed by atoms with Crippen molar-refractivity contribution in [3.05, 3.63) is 0 Å². The first kappa shape index (κ1) is 10.0. The Kier molecular flexibility index (Phi) is 2.58. The van der Waals surface area contributed by atoms with Gasteiger partial charge in [0.05, 0.1) is 6.07 Å². The number of ether oxygens (including phenoxy) is 1. The summed E-state index contributed by atoms with van der Waals surface area (Å²) in [6.07, 6.45) is 0. The summed E-state index contributed by atoms with van der Waals surface area (Å²) in [7, 11) is 0. The molecule has 13 heavy (non-hydrogen) atoms. The maximum Gasteiger partial charge on any atom is 0.323 e. The van der Waals surface area contributed by atoms with E-state index in [1.807, 2.05) is 13.8 Å². The molecule has 0 aliphatic carbocycles. The van der Waals surface area contributed by atoms with Crippen molar-refractivity contribution in [3.63, 3.8) is 0 Å². The lowest BCUT2D eigenvalue weighted by atomic mass is 9.96. The van der Waals surface area contributed by atoms with Crippen LogP contribution in [-0.4, -0.2) is 24.2 Å². The van der Waals surface area contributed by atoms with Gasteiger partial charge in [-0.2, -0.15) is 5.26 Å². The maximum absolute atomic E-state index is 11.2. The van der Waals surface area contributed by atoms with Gasteiger partial charge in [0.2, 0.25) is 0 Å². The second-order valence-corrected chi connectivity index (χ2v) is 3.92. The van der Waals surface area contributed by atoms with E-state index in [9.17, 15) is 4.79 Å². The van der Waals surface area contributed by atoms with Crippen molar-refractivity contribution in [3.8, 4) is 6.07 Å². The molecule has 2 atom stereocenters. The molecule has 1 heterocycles. The van der Waals surface area contributed by atoms with E-state index in [1.165, 1.54) is 0 Å². The molecular weight excluding hydrogens is 168 g/mol. The van der Waals surface area contributed by atoms with Crippen LogP contribution in [0.5, 0.6) is 0 Å². The van der Waals surface area contributed by atoms with E-state index in [1.54, 1.807) is 6.92 Å². The Morgan fingerprint density at radius 1 is 1.77 bits per heavy atom. The fraction of sp³-hybridized carbons (Fsp3) is 0.778. The number of hydrogen-bond donors (Lipinski definition) is 1. The van der Waals surface area contributed by atoms with Crippen LogP contribution in [0.3, 0.4) is 0 Å². The van der Waals surface area contributed by atoms with Crippen LogP contribution >= 0.6 is 0 Å². The van der Waals surface area contributed by atoms with Crippen LogP contribution < -0.4 is 5.32 Å². The van der Waals surface area contributed by atoms with E-state index < -0.39 is 5.54 Å². The smallest absolute Gasteiger partial charge is 0.323 e. The first-order valence-corrected chi connectivity index (χ1v) is 4.34. The molecule has 1 fully saturated rings. The second kappa shape index (κ2) is 3.35. The summed E-state index contributed by atoms with van der Waals surface area (Å²) in [5, 5.41) is 11.8. The number of nitriles is 1. The van der Waals surface area contributed by atoms with E-state index >= 15 is 0 Å². The molecule has 2 unspecified atom stereocenters. The minimum absolute atomic E-state index is 0.131. The minimum Gasteiger partial charge on any atom is -0.461 e. The van der Waals surface area contributed by atoms with Gasteiger partial charge in [0, 0.05) is 0 Å². The third-order valence-electron chi connectivity index (χ3n) is 2.14. The number of morpholine rings is 1. The molecule has 4 nitrogen and oxygen atoms in total. The number of rotatable bonds is 1. The standard InChI is InChI=1S/C9H14N2O2/c1-6(2)7-8(12)13-5-9(3,4-10)11-7/h6-7,11H,5H2,1-3H3. The Hall–Kier alpha value is -1.08. The summed E-state index contributed by atoms with van der Waals surface area (Å²) in [6.45, 7) is 5.70. The number of carbonyl (C=O) groups is 1. The summed E-state index contributed by atoms with van der Waals surface area (Å²) in [6, 6.07) is 1.73. The third-order valence-corrected chi connectivity index (χ3v) is 2.14. The highest BCUT2D eigenvalue weighted by Gasteiger charge is 2.39. The first-order chi connectivity index (χ1) is 5.98. The number of carbonyl (C=O) groups excluding carboxylic acids is 1. The molecular formula is C9H14N2O2. The van der Waals surface area contributed by atoms with Crippen LogP contribution in [0.4, 0.5) is 0 Å². The van der Waals surface area contributed by atoms with Crippen LogP contribution in [0.2, 0.25) is 0 Å². The molecule has 1 aliphatic heterocycles. The number of hydrogen-bond acceptors (Lipinski definition) is 4. The van der Waals surface area contributed by atoms with Gasteiger partial charge in [-0.25, -0.2) is 0 Å². The van der Waals surface area contributed by atoms with Crippen molar-refractivity contribution in [2.24, 2.45) is 5.92 Å². The second-order valence-electron chi connectivity index (χ2n) is 3.92. The summed E-state index contributed by atoms with van der Waals surface area (Å²) < 4.78 is 4.93. The van der Waals surface area contributed by atoms with Crippen LogP contribution in [0.15, 0.2) is 0 Å². The van der Waals surface area contributed by atoms with Gasteiger partial charge >= 0.3 is 5.97 Å². The lowest BCUT2D eigenvalue weighted by molar-refractivity contribution is -0.154. The van der Waals surface area contributed by atoms with Crippen molar-refractivity contribution in [2.75, 3.05) is 6.61 Å². The molecule has 0 aromatic heterocycles. The zero-order valence-electron chi connectivity index (χ0n) is 8.13.